The first-order valence-corrected chi connectivity index (χ1v) is 11.2. The van der Waals surface area contributed by atoms with Crippen LogP contribution < -0.4 is 10.6 Å². The quantitative estimate of drug-likeness (QED) is 0.639. The van der Waals surface area contributed by atoms with E-state index in [0.29, 0.717) is 10.6 Å². The Morgan fingerprint density at radius 2 is 1.65 bits per heavy atom. The predicted octanol–water partition coefficient (Wildman–Crippen LogP) is 3.54. The molecule has 2 N–H and O–H groups in total. The summed E-state index contributed by atoms with van der Waals surface area (Å²) in [5, 5.41) is 6.32. The van der Waals surface area contributed by atoms with Gasteiger partial charge in [-0.15, -0.1) is 11.3 Å². The number of carbonyl (C=O) groups excluding carboxylic acids is 3. The average molecular weight is 444 g/mol. The minimum atomic E-state index is -0.420. The number of anilines is 2. The Bertz CT molecular complexity index is 979. The van der Waals surface area contributed by atoms with Gasteiger partial charge >= 0.3 is 5.97 Å². The second-order valence-electron chi connectivity index (χ2n) is 7.94. The maximum Gasteiger partial charge on any atom is 0.341 e. The summed E-state index contributed by atoms with van der Waals surface area (Å²) >= 11 is 1.45. The average Bonchev–Trinajstić information content (AvgIpc) is 3.07. The van der Waals surface area contributed by atoms with Gasteiger partial charge in [0.2, 0.25) is 11.8 Å². The van der Waals surface area contributed by atoms with Gasteiger partial charge in [0.1, 0.15) is 5.00 Å². The van der Waals surface area contributed by atoms with Crippen molar-refractivity contribution in [3.8, 4) is 0 Å². The summed E-state index contributed by atoms with van der Waals surface area (Å²) in [7, 11) is 3.06. The number of carbonyl (C=O) groups is 3. The highest BCUT2D eigenvalue weighted by molar-refractivity contribution is 7.17. The number of thiophene rings is 1. The second-order valence-corrected chi connectivity index (χ2v) is 9.05. The van der Waals surface area contributed by atoms with Crippen molar-refractivity contribution in [1.82, 2.24) is 4.90 Å². The van der Waals surface area contributed by atoms with E-state index in [-0.39, 0.29) is 24.9 Å². The Hall–Kier alpha value is -2.71. The molecular weight excluding hydrogens is 414 g/mol. The number of para-hydroxylation sites is 1. The molecule has 0 fully saturated rings. The minimum Gasteiger partial charge on any atom is -0.465 e. The molecule has 1 aromatic heterocycles. The van der Waals surface area contributed by atoms with Crippen molar-refractivity contribution in [2.24, 2.45) is 0 Å². The van der Waals surface area contributed by atoms with Gasteiger partial charge in [0.05, 0.1) is 25.8 Å². The predicted molar refractivity (Wildman–Crippen MR) is 123 cm³/mol. The number of benzene rings is 1. The number of likely N-dealkylation sites (N-methyl/N-ethyl adjacent to an activating group) is 1. The SMILES string of the molecule is COC(=O)c1c(NC(=O)CN(C)CC(=O)Nc2c(C)cccc2C)sc2c1CCCC2. The summed E-state index contributed by atoms with van der Waals surface area (Å²) in [5.41, 5.74) is 4.26. The van der Waals surface area contributed by atoms with E-state index < -0.39 is 5.97 Å². The van der Waals surface area contributed by atoms with Crippen LogP contribution in [-0.4, -0.2) is 49.9 Å². The largest absolute Gasteiger partial charge is 0.465 e. The van der Waals surface area contributed by atoms with Crippen molar-refractivity contribution in [3.63, 3.8) is 0 Å². The van der Waals surface area contributed by atoms with Crippen molar-refractivity contribution in [3.05, 3.63) is 45.3 Å². The van der Waals surface area contributed by atoms with E-state index in [1.165, 1.54) is 18.4 Å². The number of amides is 2. The molecular formula is C23H29N3O4S. The lowest BCUT2D eigenvalue weighted by atomic mass is 9.95. The molecule has 166 valence electrons. The second kappa shape index (κ2) is 10.1. The summed E-state index contributed by atoms with van der Waals surface area (Å²) in [6, 6.07) is 5.83. The number of rotatable bonds is 7. The first-order chi connectivity index (χ1) is 14.8. The Labute approximate surface area is 186 Å². The van der Waals surface area contributed by atoms with Gasteiger partial charge in [-0.3, -0.25) is 14.5 Å². The molecule has 1 heterocycles. The van der Waals surface area contributed by atoms with Crippen molar-refractivity contribution in [1.29, 1.82) is 0 Å². The molecule has 3 rings (SSSR count). The van der Waals surface area contributed by atoms with Gasteiger partial charge in [-0.1, -0.05) is 18.2 Å². The summed E-state index contributed by atoms with van der Waals surface area (Å²) in [5.74, 6) is -0.878. The van der Waals surface area contributed by atoms with E-state index >= 15 is 0 Å². The van der Waals surface area contributed by atoms with Crippen LogP contribution >= 0.6 is 11.3 Å². The molecule has 2 amide bonds. The van der Waals surface area contributed by atoms with E-state index in [4.69, 9.17) is 4.74 Å². The highest BCUT2D eigenvalue weighted by Crippen LogP contribution is 2.38. The van der Waals surface area contributed by atoms with Crippen molar-refractivity contribution >= 4 is 39.8 Å². The monoisotopic (exact) mass is 443 g/mol. The highest BCUT2D eigenvalue weighted by Gasteiger charge is 2.27. The number of esters is 1. The van der Waals surface area contributed by atoms with Crippen LogP contribution in [0.4, 0.5) is 10.7 Å². The van der Waals surface area contributed by atoms with Crippen LogP contribution in [0.5, 0.6) is 0 Å². The Balaban J connectivity index is 1.61. The molecule has 8 heteroatoms. The maximum atomic E-state index is 12.6. The highest BCUT2D eigenvalue weighted by atomic mass is 32.1. The fourth-order valence-corrected chi connectivity index (χ4v) is 5.17. The zero-order chi connectivity index (χ0) is 22.5. The number of ether oxygens (including phenoxy) is 1. The Kier molecular flexibility index (Phi) is 7.46. The van der Waals surface area contributed by atoms with Crippen molar-refractivity contribution in [2.45, 2.75) is 39.5 Å². The van der Waals surface area contributed by atoms with Gasteiger partial charge < -0.3 is 15.4 Å². The Morgan fingerprint density at radius 1 is 1.03 bits per heavy atom. The molecule has 0 spiro atoms. The van der Waals surface area contributed by atoms with E-state index in [9.17, 15) is 14.4 Å². The maximum absolute atomic E-state index is 12.6. The van der Waals surface area contributed by atoms with Crippen LogP contribution in [0.15, 0.2) is 18.2 Å². The molecule has 0 atom stereocenters. The topological polar surface area (TPSA) is 87.7 Å². The number of hydrogen-bond acceptors (Lipinski definition) is 6. The number of nitrogens with one attached hydrogen (secondary N) is 2. The van der Waals surface area contributed by atoms with E-state index in [1.807, 2.05) is 32.0 Å². The lowest BCUT2D eigenvalue weighted by molar-refractivity contribution is -0.119. The first-order valence-electron chi connectivity index (χ1n) is 10.4. The van der Waals surface area contributed by atoms with Gasteiger partial charge in [-0.05, 0) is 63.3 Å². The normalized spacial score (nSPS) is 12.9. The van der Waals surface area contributed by atoms with Crippen molar-refractivity contribution in [2.75, 3.05) is 37.9 Å². The molecule has 0 saturated heterocycles. The summed E-state index contributed by atoms with van der Waals surface area (Å²) in [6.45, 7) is 3.99. The van der Waals surface area contributed by atoms with E-state index in [2.05, 4.69) is 10.6 Å². The van der Waals surface area contributed by atoms with Crippen molar-refractivity contribution < 1.29 is 19.1 Å². The van der Waals surface area contributed by atoms with Gasteiger partial charge in [0.15, 0.2) is 0 Å². The number of fused-ring (bicyclic) bond motifs is 1. The minimum absolute atomic E-state index is 0.0311. The molecule has 0 radical (unpaired) electrons. The lowest BCUT2D eigenvalue weighted by Gasteiger charge is -2.17. The van der Waals surface area contributed by atoms with Gasteiger partial charge in [-0.2, -0.15) is 0 Å². The van der Waals surface area contributed by atoms with Crippen LogP contribution in [0.1, 0.15) is 44.8 Å². The smallest absolute Gasteiger partial charge is 0.341 e. The zero-order valence-electron chi connectivity index (χ0n) is 18.5. The van der Waals surface area contributed by atoms with Crippen LogP contribution in [0.25, 0.3) is 0 Å². The number of aryl methyl sites for hydroxylation is 3. The molecule has 1 aromatic carbocycles. The Morgan fingerprint density at radius 3 is 2.29 bits per heavy atom. The van der Waals surface area contributed by atoms with Crippen LogP contribution in [0, 0.1) is 13.8 Å². The number of nitrogens with zero attached hydrogens (tertiary/aromatic N) is 1. The third-order valence-electron chi connectivity index (χ3n) is 5.39. The van der Waals surface area contributed by atoms with Gasteiger partial charge in [-0.25, -0.2) is 4.79 Å². The molecule has 31 heavy (non-hydrogen) atoms. The molecule has 0 bridgehead atoms. The summed E-state index contributed by atoms with van der Waals surface area (Å²) in [4.78, 5) is 40.2. The molecule has 0 saturated carbocycles. The molecule has 7 nitrogen and oxygen atoms in total. The van der Waals surface area contributed by atoms with Gasteiger partial charge in [0.25, 0.3) is 0 Å². The van der Waals surface area contributed by atoms with Gasteiger partial charge in [0, 0.05) is 10.6 Å². The molecule has 1 aliphatic rings. The third-order valence-corrected chi connectivity index (χ3v) is 6.59. The summed E-state index contributed by atoms with van der Waals surface area (Å²) in [6.07, 6.45) is 3.85. The fraction of sp³-hybridized carbons (Fsp3) is 0.435. The third kappa shape index (κ3) is 5.51. The fourth-order valence-electron chi connectivity index (χ4n) is 3.87. The van der Waals surface area contributed by atoms with E-state index in [1.54, 1.807) is 11.9 Å². The zero-order valence-corrected chi connectivity index (χ0v) is 19.3. The number of hydrogen-bond donors (Lipinski definition) is 2. The number of methoxy groups -OCH3 is 1. The molecule has 1 aliphatic carbocycles. The van der Waals surface area contributed by atoms with E-state index in [0.717, 1.165) is 52.9 Å². The molecule has 0 unspecified atom stereocenters. The molecule has 2 aromatic rings. The van der Waals surface area contributed by atoms with Crippen LogP contribution in [0.3, 0.4) is 0 Å². The van der Waals surface area contributed by atoms with Crippen LogP contribution in [0.2, 0.25) is 0 Å². The van der Waals surface area contributed by atoms with Crippen LogP contribution in [-0.2, 0) is 27.2 Å². The summed E-state index contributed by atoms with van der Waals surface area (Å²) < 4.78 is 4.95. The standard InChI is InChI=1S/C23H29N3O4S/c1-14-8-7-9-15(2)21(14)24-18(27)12-26(3)13-19(28)25-22-20(23(29)30-4)16-10-5-6-11-17(16)31-22/h7-9H,5-6,10-13H2,1-4H3,(H,24,27)(H,25,28). The first kappa shape index (κ1) is 23.0. The lowest BCUT2D eigenvalue weighted by Crippen LogP contribution is -2.36. The molecule has 0 aliphatic heterocycles.